The van der Waals surface area contributed by atoms with Crippen molar-refractivity contribution >= 4 is 5.97 Å². The summed E-state index contributed by atoms with van der Waals surface area (Å²) in [5, 5.41) is 0. The van der Waals surface area contributed by atoms with Crippen LogP contribution < -0.4 is 0 Å². The summed E-state index contributed by atoms with van der Waals surface area (Å²) in [4.78, 5) is 11.6. The smallest absolute Gasteiger partial charge is 0.337 e. The van der Waals surface area contributed by atoms with E-state index in [1.54, 1.807) is 7.11 Å². The molecule has 2 atom stereocenters. The molecule has 3 nitrogen and oxygen atoms in total. The summed E-state index contributed by atoms with van der Waals surface area (Å²) in [5.41, 5.74) is 1.90. The Bertz CT molecular complexity index is 422. The van der Waals surface area contributed by atoms with Gasteiger partial charge in [0.05, 0.1) is 26.1 Å². The third-order valence-corrected chi connectivity index (χ3v) is 3.08. The maximum Gasteiger partial charge on any atom is 0.337 e. The molecule has 0 bridgehead atoms. The molecule has 0 spiro atoms. The second-order valence-corrected chi connectivity index (χ2v) is 4.16. The van der Waals surface area contributed by atoms with Crippen molar-refractivity contribution in [2.75, 3.05) is 14.2 Å². The van der Waals surface area contributed by atoms with Gasteiger partial charge < -0.3 is 9.47 Å². The lowest BCUT2D eigenvalue weighted by Crippen LogP contribution is -2.07. The standard InChI is InChI=1S/C14H16O3/c1-16-9-13(14(15)17-2)12-8-11(12)10-6-4-3-5-7-10/h3-7,9,11-12H,8H2,1-2H3/b13-9+/t11-,12+/m1/s1. The van der Waals surface area contributed by atoms with Crippen LogP contribution in [-0.4, -0.2) is 20.2 Å². The normalized spacial score (nSPS) is 23.1. The number of hydrogen-bond donors (Lipinski definition) is 0. The first-order valence-electron chi connectivity index (χ1n) is 5.64. The second-order valence-electron chi connectivity index (χ2n) is 4.16. The van der Waals surface area contributed by atoms with Crippen molar-refractivity contribution in [2.24, 2.45) is 5.92 Å². The highest BCUT2D eigenvalue weighted by Gasteiger charge is 2.44. The van der Waals surface area contributed by atoms with Crippen LogP contribution in [-0.2, 0) is 14.3 Å². The number of ether oxygens (including phenoxy) is 2. The molecule has 0 unspecified atom stereocenters. The minimum atomic E-state index is -0.296. The SMILES string of the molecule is CO/C=C(/C(=O)OC)[C@H]1C[C@@H]1c1ccccc1. The summed E-state index contributed by atoms with van der Waals surface area (Å²) in [6.45, 7) is 0. The Balaban J connectivity index is 2.11. The van der Waals surface area contributed by atoms with E-state index in [1.807, 2.05) is 18.2 Å². The van der Waals surface area contributed by atoms with Crippen LogP contribution >= 0.6 is 0 Å². The summed E-state index contributed by atoms with van der Waals surface area (Å²) in [7, 11) is 2.94. The van der Waals surface area contributed by atoms with Gasteiger partial charge in [0.25, 0.3) is 0 Å². The zero-order chi connectivity index (χ0) is 12.3. The molecule has 3 heteroatoms. The molecule has 1 fully saturated rings. The molecule has 2 rings (SSSR count). The molecule has 0 amide bonds. The lowest BCUT2D eigenvalue weighted by molar-refractivity contribution is -0.136. The Morgan fingerprint density at radius 2 is 2.00 bits per heavy atom. The monoisotopic (exact) mass is 232 g/mol. The van der Waals surface area contributed by atoms with Crippen LogP contribution in [0.3, 0.4) is 0 Å². The minimum absolute atomic E-state index is 0.227. The van der Waals surface area contributed by atoms with Crippen LogP contribution in [0.15, 0.2) is 42.2 Å². The summed E-state index contributed by atoms with van der Waals surface area (Å²) in [5.74, 6) is 0.344. The second kappa shape index (κ2) is 5.04. The van der Waals surface area contributed by atoms with Crippen LogP contribution in [0, 0.1) is 5.92 Å². The van der Waals surface area contributed by atoms with E-state index in [4.69, 9.17) is 9.47 Å². The summed E-state index contributed by atoms with van der Waals surface area (Å²) in [6, 6.07) is 10.2. The Morgan fingerprint density at radius 3 is 2.59 bits per heavy atom. The number of carbonyl (C=O) groups excluding carboxylic acids is 1. The largest absolute Gasteiger partial charge is 0.504 e. The van der Waals surface area contributed by atoms with Gasteiger partial charge in [-0.15, -0.1) is 0 Å². The molecule has 0 radical (unpaired) electrons. The van der Waals surface area contributed by atoms with Gasteiger partial charge in [0, 0.05) is 5.92 Å². The minimum Gasteiger partial charge on any atom is -0.504 e. The van der Waals surface area contributed by atoms with Gasteiger partial charge in [-0.1, -0.05) is 30.3 Å². The maximum atomic E-state index is 11.6. The predicted molar refractivity (Wildman–Crippen MR) is 64.4 cm³/mol. The van der Waals surface area contributed by atoms with Gasteiger partial charge in [0.15, 0.2) is 0 Å². The van der Waals surface area contributed by atoms with E-state index < -0.39 is 0 Å². The molecule has 17 heavy (non-hydrogen) atoms. The molecule has 0 saturated heterocycles. The van der Waals surface area contributed by atoms with Crippen LogP contribution in [0.5, 0.6) is 0 Å². The van der Waals surface area contributed by atoms with Crippen molar-refractivity contribution in [3.05, 3.63) is 47.7 Å². The number of carbonyl (C=O) groups is 1. The third-order valence-electron chi connectivity index (χ3n) is 3.08. The van der Waals surface area contributed by atoms with Gasteiger partial charge in [-0.25, -0.2) is 4.79 Å². The van der Waals surface area contributed by atoms with E-state index in [0.29, 0.717) is 11.5 Å². The fraction of sp³-hybridized carbons (Fsp3) is 0.357. The highest BCUT2D eigenvalue weighted by atomic mass is 16.5. The zero-order valence-electron chi connectivity index (χ0n) is 10.1. The molecule has 0 aromatic heterocycles. The van der Waals surface area contributed by atoms with Crippen molar-refractivity contribution in [1.82, 2.24) is 0 Å². The molecular formula is C14H16O3. The summed E-state index contributed by atoms with van der Waals surface area (Å²) < 4.78 is 9.71. The van der Waals surface area contributed by atoms with Gasteiger partial charge in [-0.2, -0.15) is 0 Å². The first kappa shape index (κ1) is 11.7. The fourth-order valence-electron chi connectivity index (χ4n) is 2.14. The maximum absolute atomic E-state index is 11.6. The molecule has 0 aliphatic heterocycles. The van der Waals surface area contributed by atoms with Crippen molar-refractivity contribution < 1.29 is 14.3 Å². The Morgan fingerprint density at radius 1 is 1.29 bits per heavy atom. The molecule has 1 aliphatic rings. The zero-order valence-corrected chi connectivity index (χ0v) is 10.1. The van der Waals surface area contributed by atoms with E-state index in [2.05, 4.69) is 12.1 Å². The van der Waals surface area contributed by atoms with Crippen molar-refractivity contribution in [1.29, 1.82) is 0 Å². The van der Waals surface area contributed by atoms with Gasteiger partial charge in [-0.3, -0.25) is 0 Å². The highest BCUT2D eigenvalue weighted by Crippen LogP contribution is 2.51. The van der Waals surface area contributed by atoms with Crippen LogP contribution in [0.2, 0.25) is 0 Å². The average molecular weight is 232 g/mol. The van der Waals surface area contributed by atoms with E-state index in [1.165, 1.54) is 18.9 Å². The fourth-order valence-corrected chi connectivity index (χ4v) is 2.14. The van der Waals surface area contributed by atoms with Crippen LogP contribution in [0.4, 0.5) is 0 Å². The number of esters is 1. The first-order chi connectivity index (χ1) is 8.27. The lowest BCUT2D eigenvalue weighted by atomic mass is 10.1. The summed E-state index contributed by atoms with van der Waals surface area (Å²) in [6.07, 6.45) is 2.48. The van der Waals surface area contributed by atoms with E-state index in [0.717, 1.165) is 6.42 Å². The topological polar surface area (TPSA) is 35.5 Å². The molecule has 0 N–H and O–H groups in total. The molecule has 1 aromatic rings. The Kier molecular flexibility index (Phi) is 3.47. The average Bonchev–Trinajstić information content (AvgIpc) is 3.16. The van der Waals surface area contributed by atoms with Crippen LogP contribution in [0.1, 0.15) is 17.9 Å². The van der Waals surface area contributed by atoms with E-state index in [-0.39, 0.29) is 11.9 Å². The lowest BCUT2D eigenvalue weighted by Gasteiger charge is -2.04. The molecule has 90 valence electrons. The van der Waals surface area contributed by atoms with E-state index in [9.17, 15) is 4.79 Å². The first-order valence-corrected chi connectivity index (χ1v) is 5.64. The molecule has 1 aliphatic carbocycles. The van der Waals surface area contributed by atoms with Gasteiger partial charge >= 0.3 is 5.97 Å². The van der Waals surface area contributed by atoms with Crippen molar-refractivity contribution in [3.63, 3.8) is 0 Å². The third kappa shape index (κ3) is 2.49. The van der Waals surface area contributed by atoms with Crippen molar-refractivity contribution in [2.45, 2.75) is 12.3 Å². The highest BCUT2D eigenvalue weighted by molar-refractivity contribution is 5.89. The van der Waals surface area contributed by atoms with E-state index >= 15 is 0 Å². The van der Waals surface area contributed by atoms with Gasteiger partial charge in [-0.05, 0) is 17.9 Å². The molecule has 0 heterocycles. The molecule has 1 saturated carbocycles. The molecular weight excluding hydrogens is 216 g/mol. The van der Waals surface area contributed by atoms with Gasteiger partial charge in [0.2, 0.25) is 0 Å². The van der Waals surface area contributed by atoms with Crippen LogP contribution in [0.25, 0.3) is 0 Å². The number of rotatable bonds is 4. The number of hydrogen-bond acceptors (Lipinski definition) is 3. The number of benzene rings is 1. The van der Waals surface area contributed by atoms with Crippen molar-refractivity contribution in [3.8, 4) is 0 Å². The molecule has 1 aromatic carbocycles. The van der Waals surface area contributed by atoms with Gasteiger partial charge in [0.1, 0.15) is 0 Å². The summed E-state index contributed by atoms with van der Waals surface area (Å²) >= 11 is 0. The Hall–Kier alpha value is -1.77. The quantitative estimate of drug-likeness (QED) is 0.454. The Labute approximate surface area is 101 Å². The predicted octanol–water partition coefficient (Wildman–Crippen LogP) is 2.49. The number of methoxy groups -OCH3 is 2.